The number of aryl methyl sites for hydroxylation is 1. The minimum absolute atomic E-state index is 0.0217. The number of nitrogens with two attached hydrogens (primary N) is 1. The molecule has 1 atom stereocenters. The highest BCUT2D eigenvalue weighted by atomic mass is 16.7. The van der Waals surface area contributed by atoms with Crippen LogP contribution in [0.25, 0.3) is 0 Å². The number of anilines is 1. The molecule has 2 aromatic carbocycles. The van der Waals surface area contributed by atoms with Gasteiger partial charge in [-0.1, -0.05) is 6.92 Å². The van der Waals surface area contributed by atoms with Crippen molar-refractivity contribution in [1.82, 2.24) is 0 Å². The molecule has 12 nitrogen and oxygen atoms in total. The van der Waals surface area contributed by atoms with Crippen LogP contribution in [0.1, 0.15) is 35.3 Å². The molecule has 0 saturated carbocycles. The molecule has 2 rings (SSSR count). The second-order valence-electron chi connectivity index (χ2n) is 8.24. The predicted octanol–water partition coefficient (Wildman–Crippen LogP) is 3.56. The summed E-state index contributed by atoms with van der Waals surface area (Å²) in [5.41, 5.74) is 8.09. The summed E-state index contributed by atoms with van der Waals surface area (Å²) in [4.78, 5) is 13.4. The van der Waals surface area contributed by atoms with E-state index in [9.17, 15) is 4.79 Å². The fraction of sp³-hybridized carbons (Fsp3) is 0.519. The molecule has 0 radical (unpaired) electrons. The molecule has 1 unspecified atom stereocenters. The van der Waals surface area contributed by atoms with Gasteiger partial charge in [-0.3, -0.25) is 0 Å². The van der Waals surface area contributed by atoms with Crippen LogP contribution in [0.15, 0.2) is 18.2 Å². The number of ether oxygens (including phenoxy) is 10. The zero-order chi connectivity index (χ0) is 28.8. The molecular formula is C27H39NO11. The van der Waals surface area contributed by atoms with Gasteiger partial charge in [-0.05, 0) is 25.0 Å². The van der Waals surface area contributed by atoms with Crippen molar-refractivity contribution in [2.45, 2.75) is 32.8 Å². The van der Waals surface area contributed by atoms with Crippen molar-refractivity contribution in [2.24, 2.45) is 0 Å². The van der Waals surface area contributed by atoms with Gasteiger partial charge >= 0.3 is 5.97 Å². The molecule has 0 amide bonds. The monoisotopic (exact) mass is 553 g/mol. The first kappa shape index (κ1) is 31.8. The summed E-state index contributed by atoms with van der Waals surface area (Å²) < 4.78 is 54.2. The van der Waals surface area contributed by atoms with Gasteiger partial charge in [-0.25, -0.2) is 4.79 Å². The Morgan fingerprint density at radius 3 is 1.90 bits per heavy atom. The molecule has 0 saturated heterocycles. The van der Waals surface area contributed by atoms with Crippen molar-refractivity contribution in [3.05, 3.63) is 34.9 Å². The zero-order valence-electron chi connectivity index (χ0n) is 23.6. The number of hydrogen-bond donors (Lipinski definition) is 1. The molecule has 2 N–H and O–H groups in total. The van der Waals surface area contributed by atoms with Gasteiger partial charge in [0, 0.05) is 52.6 Å². The molecule has 0 spiro atoms. The third-order valence-electron chi connectivity index (χ3n) is 5.41. The van der Waals surface area contributed by atoms with E-state index >= 15 is 0 Å². The number of nitrogen functional groups attached to an aromatic ring is 1. The van der Waals surface area contributed by atoms with Gasteiger partial charge < -0.3 is 53.1 Å². The third-order valence-corrected chi connectivity index (χ3v) is 5.41. The standard InChI is InChI=1S/C27H39NO11/c1-8-18-10-19(23(36-14-31-4)12-22(18)35-13-30-3)27(29)39-17(2)9-20-25(38-16-33-6)21(28)11-24(26(20)34-7)37-15-32-5/h10-12,17H,8-9,13-16,28H2,1-7H3. The molecule has 2 aromatic rings. The van der Waals surface area contributed by atoms with E-state index in [0.717, 1.165) is 5.56 Å². The van der Waals surface area contributed by atoms with Crippen molar-refractivity contribution in [1.29, 1.82) is 0 Å². The van der Waals surface area contributed by atoms with Gasteiger partial charge in [-0.15, -0.1) is 0 Å². The summed E-state index contributed by atoms with van der Waals surface area (Å²) in [5.74, 6) is 1.23. The summed E-state index contributed by atoms with van der Waals surface area (Å²) in [6.07, 6.45) is 0.148. The largest absolute Gasteiger partial charge is 0.492 e. The summed E-state index contributed by atoms with van der Waals surface area (Å²) in [5, 5.41) is 0. The molecular weight excluding hydrogens is 514 g/mol. The number of benzene rings is 2. The summed E-state index contributed by atoms with van der Waals surface area (Å²) in [7, 11) is 7.49. The predicted molar refractivity (Wildman–Crippen MR) is 142 cm³/mol. The van der Waals surface area contributed by atoms with Crippen LogP contribution in [0.5, 0.6) is 28.7 Å². The highest BCUT2D eigenvalue weighted by Crippen LogP contribution is 2.43. The first-order valence-corrected chi connectivity index (χ1v) is 12.2. The molecule has 0 aliphatic heterocycles. The molecule has 0 heterocycles. The average Bonchev–Trinajstić information content (AvgIpc) is 2.93. The Labute approximate surface area is 229 Å². The molecule has 0 aromatic heterocycles. The van der Waals surface area contributed by atoms with E-state index in [0.29, 0.717) is 40.7 Å². The SMILES string of the molecule is CCc1cc(C(=O)OC(C)Cc2c(OCOC)c(N)cc(OCOC)c2OC)c(OCOC)cc1OCOC. The number of esters is 1. The fourth-order valence-corrected chi connectivity index (χ4v) is 3.74. The molecule has 218 valence electrons. The van der Waals surface area contributed by atoms with Crippen LogP contribution < -0.4 is 29.4 Å². The van der Waals surface area contributed by atoms with Crippen LogP contribution in [0, 0.1) is 0 Å². The third kappa shape index (κ3) is 8.79. The molecule has 12 heteroatoms. The van der Waals surface area contributed by atoms with Crippen molar-refractivity contribution in [3.8, 4) is 28.7 Å². The topological polar surface area (TPSA) is 135 Å². The van der Waals surface area contributed by atoms with Gasteiger partial charge in [0.05, 0.1) is 12.8 Å². The maximum absolute atomic E-state index is 13.4. The van der Waals surface area contributed by atoms with Crippen LogP contribution in [-0.4, -0.2) is 74.8 Å². The number of carbonyl (C=O) groups is 1. The van der Waals surface area contributed by atoms with E-state index in [1.165, 1.54) is 35.5 Å². The molecule has 39 heavy (non-hydrogen) atoms. The van der Waals surface area contributed by atoms with Crippen LogP contribution >= 0.6 is 0 Å². The number of carbonyl (C=O) groups excluding carboxylic acids is 1. The Kier molecular flexibility index (Phi) is 13.4. The van der Waals surface area contributed by atoms with E-state index in [1.54, 1.807) is 25.1 Å². The minimum Gasteiger partial charge on any atom is -0.492 e. The minimum atomic E-state index is -0.641. The van der Waals surface area contributed by atoms with Gasteiger partial charge in [-0.2, -0.15) is 0 Å². The smallest absolute Gasteiger partial charge is 0.342 e. The normalized spacial score (nSPS) is 11.6. The Hall–Kier alpha value is -3.45. The molecule has 0 aliphatic carbocycles. The number of rotatable bonds is 18. The van der Waals surface area contributed by atoms with E-state index in [-0.39, 0.29) is 44.9 Å². The highest BCUT2D eigenvalue weighted by molar-refractivity contribution is 5.93. The molecule has 0 aliphatic rings. The van der Waals surface area contributed by atoms with Crippen molar-refractivity contribution in [3.63, 3.8) is 0 Å². The fourth-order valence-electron chi connectivity index (χ4n) is 3.74. The van der Waals surface area contributed by atoms with Crippen molar-refractivity contribution in [2.75, 3.05) is 68.5 Å². The van der Waals surface area contributed by atoms with Crippen LogP contribution in [-0.2, 0) is 36.5 Å². The van der Waals surface area contributed by atoms with Crippen molar-refractivity contribution < 1.29 is 52.2 Å². The first-order chi connectivity index (χ1) is 18.8. The van der Waals surface area contributed by atoms with E-state index in [4.69, 9.17) is 53.1 Å². The Balaban J connectivity index is 2.40. The zero-order valence-corrected chi connectivity index (χ0v) is 23.6. The summed E-state index contributed by atoms with van der Waals surface area (Å²) >= 11 is 0. The lowest BCUT2D eigenvalue weighted by Crippen LogP contribution is -2.20. The lowest BCUT2D eigenvalue weighted by Gasteiger charge is -2.22. The maximum atomic E-state index is 13.4. The average molecular weight is 554 g/mol. The quantitative estimate of drug-likeness (QED) is 0.164. The van der Waals surface area contributed by atoms with Crippen LogP contribution in [0.2, 0.25) is 0 Å². The summed E-state index contributed by atoms with van der Waals surface area (Å²) in [6.45, 7) is 3.58. The Morgan fingerprint density at radius 2 is 1.33 bits per heavy atom. The second-order valence-corrected chi connectivity index (χ2v) is 8.24. The van der Waals surface area contributed by atoms with Gasteiger partial charge in [0.1, 0.15) is 23.2 Å². The van der Waals surface area contributed by atoms with Gasteiger partial charge in [0.25, 0.3) is 0 Å². The number of hydrogen-bond acceptors (Lipinski definition) is 12. The molecule has 0 bridgehead atoms. The molecule has 0 fully saturated rings. The first-order valence-electron chi connectivity index (χ1n) is 12.2. The highest BCUT2D eigenvalue weighted by Gasteiger charge is 2.26. The second kappa shape index (κ2) is 16.5. The Morgan fingerprint density at radius 1 is 0.769 bits per heavy atom. The Bertz CT molecular complexity index is 1060. The van der Waals surface area contributed by atoms with E-state index < -0.39 is 12.1 Å². The number of methoxy groups -OCH3 is 5. The lowest BCUT2D eigenvalue weighted by atomic mass is 10.0. The maximum Gasteiger partial charge on any atom is 0.342 e. The lowest BCUT2D eigenvalue weighted by molar-refractivity contribution is 0.0294. The van der Waals surface area contributed by atoms with E-state index in [2.05, 4.69) is 0 Å². The van der Waals surface area contributed by atoms with E-state index in [1.807, 2.05) is 6.92 Å². The summed E-state index contributed by atoms with van der Waals surface area (Å²) in [6, 6.07) is 4.87. The van der Waals surface area contributed by atoms with Crippen LogP contribution in [0.3, 0.4) is 0 Å². The van der Waals surface area contributed by atoms with Gasteiger partial charge in [0.15, 0.2) is 44.4 Å². The van der Waals surface area contributed by atoms with Crippen molar-refractivity contribution >= 4 is 11.7 Å². The van der Waals surface area contributed by atoms with Gasteiger partial charge in [0.2, 0.25) is 0 Å². The van der Waals surface area contributed by atoms with Crippen LogP contribution in [0.4, 0.5) is 5.69 Å².